The van der Waals surface area contributed by atoms with Gasteiger partial charge in [0.25, 0.3) is 5.91 Å². The second kappa shape index (κ2) is 11.8. The number of carboxylic acid groups (broad SMARTS) is 1. The van der Waals surface area contributed by atoms with Gasteiger partial charge < -0.3 is 10.4 Å². The maximum absolute atomic E-state index is 12.7. The molecule has 0 heterocycles. The number of carboxylic acids is 1. The molecule has 0 fully saturated rings. The molecule has 0 aromatic heterocycles. The second-order valence-corrected chi connectivity index (χ2v) is 10.2. The van der Waals surface area contributed by atoms with Crippen molar-refractivity contribution >= 4 is 33.5 Å². The first-order valence-electron chi connectivity index (χ1n) is 10.9. The van der Waals surface area contributed by atoms with Crippen LogP contribution >= 0.6 is 11.6 Å². The topological polar surface area (TPSA) is 113 Å². The van der Waals surface area contributed by atoms with Crippen molar-refractivity contribution in [3.8, 4) is 11.1 Å². The molecule has 196 valence electrons. The summed E-state index contributed by atoms with van der Waals surface area (Å²) in [5, 5.41) is 12.5. The molecular formula is C25H22ClF3N2O5S. The normalized spacial score (nSPS) is 12.6. The maximum atomic E-state index is 12.7. The zero-order chi connectivity index (χ0) is 27.2. The van der Waals surface area contributed by atoms with E-state index in [4.69, 9.17) is 11.6 Å². The van der Waals surface area contributed by atoms with Crippen molar-refractivity contribution in [1.29, 1.82) is 0 Å². The van der Waals surface area contributed by atoms with Crippen molar-refractivity contribution in [1.82, 2.24) is 10.0 Å². The van der Waals surface area contributed by atoms with E-state index < -0.39 is 39.7 Å². The predicted octanol–water partition coefficient (Wildman–Crippen LogP) is 4.97. The van der Waals surface area contributed by atoms with E-state index in [1.54, 1.807) is 36.4 Å². The number of alkyl halides is 3. The van der Waals surface area contributed by atoms with E-state index in [0.717, 1.165) is 35.4 Å². The third-order valence-electron chi connectivity index (χ3n) is 5.37. The van der Waals surface area contributed by atoms with Crippen molar-refractivity contribution in [2.75, 3.05) is 6.54 Å². The predicted molar refractivity (Wildman–Crippen MR) is 132 cm³/mol. The Kier molecular flexibility index (Phi) is 8.95. The number of amides is 1. The Bertz CT molecular complexity index is 1350. The number of halogens is 4. The van der Waals surface area contributed by atoms with E-state index in [1.165, 1.54) is 12.1 Å². The summed E-state index contributed by atoms with van der Waals surface area (Å²) in [4.78, 5) is 23.6. The van der Waals surface area contributed by atoms with Crippen molar-refractivity contribution in [3.05, 3.63) is 88.9 Å². The molecule has 0 aliphatic carbocycles. The number of nitrogens with one attached hydrogen (secondary N) is 2. The molecule has 3 rings (SSSR count). The van der Waals surface area contributed by atoms with Crippen LogP contribution < -0.4 is 10.0 Å². The maximum Gasteiger partial charge on any atom is 0.416 e. The van der Waals surface area contributed by atoms with E-state index >= 15 is 0 Å². The average molecular weight is 555 g/mol. The summed E-state index contributed by atoms with van der Waals surface area (Å²) in [6.07, 6.45) is -4.56. The van der Waals surface area contributed by atoms with Gasteiger partial charge in [-0.05, 0) is 72.5 Å². The Morgan fingerprint density at radius 3 is 1.95 bits per heavy atom. The largest absolute Gasteiger partial charge is 0.480 e. The van der Waals surface area contributed by atoms with Gasteiger partial charge in [0.15, 0.2) is 0 Å². The van der Waals surface area contributed by atoms with E-state index in [-0.39, 0.29) is 29.8 Å². The summed E-state index contributed by atoms with van der Waals surface area (Å²) in [6.45, 7) is -0.0127. The third-order valence-corrected chi connectivity index (χ3v) is 7.11. The summed E-state index contributed by atoms with van der Waals surface area (Å²) in [7, 11) is -4.15. The van der Waals surface area contributed by atoms with E-state index in [9.17, 15) is 36.3 Å². The monoisotopic (exact) mass is 554 g/mol. The highest BCUT2D eigenvalue weighted by atomic mass is 35.5. The highest BCUT2D eigenvalue weighted by molar-refractivity contribution is 7.89. The van der Waals surface area contributed by atoms with Gasteiger partial charge in [-0.1, -0.05) is 35.9 Å². The summed E-state index contributed by atoms with van der Waals surface area (Å²) in [5.41, 5.74) is 0.683. The first kappa shape index (κ1) is 28.2. The average Bonchev–Trinajstić information content (AvgIpc) is 2.85. The molecule has 7 nitrogen and oxygen atoms in total. The number of aliphatic carboxylic acids is 1. The van der Waals surface area contributed by atoms with Gasteiger partial charge in [0.2, 0.25) is 10.0 Å². The zero-order valence-corrected chi connectivity index (χ0v) is 20.7. The van der Waals surface area contributed by atoms with Crippen LogP contribution in [0.2, 0.25) is 5.02 Å². The number of carbonyl (C=O) groups excluding carboxylic acids is 1. The molecule has 3 aromatic rings. The lowest BCUT2D eigenvalue weighted by Gasteiger charge is -2.15. The van der Waals surface area contributed by atoms with Crippen molar-refractivity contribution in [2.24, 2.45) is 0 Å². The minimum atomic E-state index is -4.52. The van der Waals surface area contributed by atoms with Crippen LogP contribution in [0.5, 0.6) is 0 Å². The Labute approximate surface area is 216 Å². The summed E-state index contributed by atoms with van der Waals surface area (Å²) >= 11 is 5.88. The fraction of sp³-hybridized carbons (Fsp3) is 0.200. The van der Waals surface area contributed by atoms with Crippen LogP contribution in [0, 0.1) is 0 Å². The molecule has 0 saturated heterocycles. The Morgan fingerprint density at radius 2 is 1.43 bits per heavy atom. The Hall–Kier alpha value is -3.41. The van der Waals surface area contributed by atoms with Gasteiger partial charge in [0.05, 0.1) is 10.5 Å². The fourth-order valence-corrected chi connectivity index (χ4v) is 4.73. The van der Waals surface area contributed by atoms with Crippen LogP contribution in [0.15, 0.2) is 77.7 Å². The smallest absolute Gasteiger partial charge is 0.416 e. The van der Waals surface area contributed by atoms with Crippen molar-refractivity contribution in [2.45, 2.75) is 30.0 Å². The molecule has 0 bridgehead atoms. The molecule has 0 radical (unpaired) electrons. The Morgan fingerprint density at radius 1 is 0.892 bits per heavy atom. The molecule has 1 amide bonds. The third kappa shape index (κ3) is 7.78. The van der Waals surface area contributed by atoms with Crippen molar-refractivity contribution in [3.63, 3.8) is 0 Å². The van der Waals surface area contributed by atoms with E-state index in [2.05, 4.69) is 10.0 Å². The number of hydrogen-bond donors (Lipinski definition) is 3. The van der Waals surface area contributed by atoms with Crippen LogP contribution in [0.4, 0.5) is 13.2 Å². The van der Waals surface area contributed by atoms with E-state index in [0.29, 0.717) is 5.02 Å². The minimum absolute atomic E-state index is 0.00512. The van der Waals surface area contributed by atoms with Gasteiger partial charge in [-0.25, -0.2) is 8.42 Å². The molecule has 0 unspecified atom stereocenters. The van der Waals surface area contributed by atoms with Gasteiger partial charge in [-0.3, -0.25) is 9.59 Å². The first-order valence-corrected chi connectivity index (χ1v) is 12.8. The number of carbonyl (C=O) groups is 2. The zero-order valence-electron chi connectivity index (χ0n) is 19.1. The summed E-state index contributed by atoms with van der Waals surface area (Å²) < 4.78 is 65.5. The van der Waals surface area contributed by atoms with Gasteiger partial charge in [-0.2, -0.15) is 17.9 Å². The van der Waals surface area contributed by atoms with Crippen LogP contribution in [0.3, 0.4) is 0 Å². The van der Waals surface area contributed by atoms with Crippen molar-refractivity contribution < 1.29 is 36.3 Å². The lowest BCUT2D eigenvalue weighted by Crippen LogP contribution is -2.41. The molecule has 0 spiro atoms. The highest BCUT2D eigenvalue weighted by Gasteiger charge is 2.30. The number of rotatable bonds is 10. The number of hydrogen-bond acceptors (Lipinski definition) is 4. The number of sulfonamides is 1. The lowest BCUT2D eigenvalue weighted by molar-refractivity contribution is -0.139. The Balaban J connectivity index is 1.55. The highest BCUT2D eigenvalue weighted by Crippen LogP contribution is 2.29. The molecule has 12 heteroatoms. The molecule has 3 N–H and O–H groups in total. The fourth-order valence-electron chi connectivity index (χ4n) is 3.38. The molecular weight excluding hydrogens is 533 g/mol. The molecule has 1 atom stereocenters. The van der Waals surface area contributed by atoms with Gasteiger partial charge in [-0.15, -0.1) is 0 Å². The van der Waals surface area contributed by atoms with Gasteiger partial charge in [0.1, 0.15) is 6.04 Å². The minimum Gasteiger partial charge on any atom is -0.480 e. The molecule has 0 aliphatic heterocycles. The van der Waals surface area contributed by atoms with Crippen LogP contribution in [-0.2, 0) is 21.0 Å². The number of benzene rings is 3. The SMILES string of the molecule is O=C(NCCC[C@H](NS(=O)(=O)c1ccc(-c2ccc(Cl)cc2)cc1)C(=O)O)c1ccc(C(F)(F)F)cc1. The van der Waals surface area contributed by atoms with Crippen LogP contribution in [-0.4, -0.2) is 38.0 Å². The summed E-state index contributed by atoms with van der Waals surface area (Å²) in [5.74, 6) is -2.03. The van der Waals surface area contributed by atoms with Crippen LogP contribution in [0.25, 0.3) is 11.1 Å². The quantitative estimate of drug-likeness (QED) is 0.306. The molecule has 0 aliphatic rings. The van der Waals surface area contributed by atoms with Gasteiger partial charge >= 0.3 is 12.1 Å². The second-order valence-electron chi connectivity index (χ2n) is 8.02. The molecule has 3 aromatic carbocycles. The first-order chi connectivity index (χ1) is 17.4. The van der Waals surface area contributed by atoms with E-state index in [1.807, 2.05) is 0 Å². The summed E-state index contributed by atoms with van der Waals surface area (Å²) in [6, 6.07) is 15.0. The standard InChI is InChI=1S/C25H22ClF3N2O5S/c26-20-11-5-16(6-12-20)17-7-13-21(14-8-17)37(35,36)31-22(24(33)34)2-1-15-30-23(32)18-3-9-19(10-4-18)25(27,28)29/h3-14,22,31H,1-2,15H2,(H,30,32)(H,33,34)/t22-/m0/s1. The molecule has 37 heavy (non-hydrogen) atoms. The molecule has 0 saturated carbocycles. The van der Waals surface area contributed by atoms with Crippen LogP contribution in [0.1, 0.15) is 28.8 Å². The van der Waals surface area contributed by atoms with Gasteiger partial charge in [0, 0.05) is 17.1 Å². The lowest BCUT2D eigenvalue weighted by atomic mass is 10.1.